The van der Waals surface area contributed by atoms with Crippen molar-refractivity contribution in [1.29, 1.82) is 0 Å². The first kappa shape index (κ1) is 11.8. The molecule has 1 aromatic heterocycles. The predicted octanol–water partition coefficient (Wildman–Crippen LogP) is 3.73. The molecule has 0 bridgehead atoms. The first-order chi connectivity index (χ1) is 7.79. The minimum Gasteiger partial charge on any atom is -0.319 e. The maximum atomic E-state index is 6.28. The molecule has 1 aliphatic carbocycles. The van der Waals surface area contributed by atoms with Crippen LogP contribution in [0.15, 0.2) is 34.5 Å². The van der Waals surface area contributed by atoms with Crippen LogP contribution in [0.1, 0.15) is 43.8 Å². The zero-order valence-electron chi connectivity index (χ0n) is 9.32. The van der Waals surface area contributed by atoms with E-state index in [9.17, 15) is 0 Å². The van der Waals surface area contributed by atoms with Gasteiger partial charge in [-0.2, -0.15) is 0 Å². The second-order valence-electron chi connectivity index (χ2n) is 4.23. The van der Waals surface area contributed by atoms with Gasteiger partial charge in [0.25, 0.3) is 0 Å². The van der Waals surface area contributed by atoms with Crippen molar-refractivity contribution in [1.82, 2.24) is 4.98 Å². The maximum absolute atomic E-state index is 6.28. The van der Waals surface area contributed by atoms with E-state index in [0.29, 0.717) is 0 Å². The van der Waals surface area contributed by atoms with Gasteiger partial charge in [-0.05, 0) is 53.7 Å². The molecule has 1 aliphatic rings. The number of halogens is 1. The van der Waals surface area contributed by atoms with Crippen LogP contribution < -0.4 is 5.73 Å². The number of hydrogen-bond donors (Lipinski definition) is 1. The highest BCUT2D eigenvalue weighted by Gasteiger charge is 2.16. The summed E-state index contributed by atoms with van der Waals surface area (Å²) in [5, 5.41) is 0. The number of nitrogens with zero attached hydrogens (tertiary/aromatic N) is 1. The van der Waals surface area contributed by atoms with Gasteiger partial charge in [-0.3, -0.25) is 4.98 Å². The Morgan fingerprint density at radius 1 is 1.31 bits per heavy atom. The highest BCUT2D eigenvalue weighted by Crippen LogP contribution is 2.29. The van der Waals surface area contributed by atoms with Crippen molar-refractivity contribution in [2.24, 2.45) is 5.73 Å². The van der Waals surface area contributed by atoms with Gasteiger partial charge in [0, 0.05) is 10.7 Å². The van der Waals surface area contributed by atoms with Crippen molar-refractivity contribution in [2.45, 2.75) is 38.1 Å². The lowest BCUT2D eigenvalue weighted by atomic mass is 10.00. The minimum atomic E-state index is -0.0475. The maximum Gasteiger partial charge on any atom is 0.0754 e. The second kappa shape index (κ2) is 5.60. The van der Waals surface area contributed by atoms with Gasteiger partial charge >= 0.3 is 0 Å². The van der Waals surface area contributed by atoms with Gasteiger partial charge in [0.2, 0.25) is 0 Å². The van der Waals surface area contributed by atoms with Crippen LogP contribution in [0.5, 0.6) is 0 Å². The Balaban J connectivity index is 2.21. The third-order valence-corrected chi connectivity index (χ3v) is 3.73. The Morgan fingerprint density at radius 3 is 3.00 bits per heavy atom. The van der Waals surface area contributed by atoms with Crippen LogP contribution in [0.3, 0.4) is 0 Å². The zero-order valence-corrected chi connectivity index (χ0v) is 10.9. The monoisotopic (exact) mass is 280 g/mol. The molecule has 0 saturated heterocycles. The third kappa shape index (κ3) is 2.71. The fourth-order valence-corrected chi connectivity index (χ4v) is 2.63. The number of pyridine rings is 1. The lowest BCUT2D eigenvalue weighted by Gasteiger charge is -2.15. The number of nitrogens with two attached hydrogens (primary N) is 1. The van der Waals surface area contributed by atoms with E-state index in [0.717, 1.165) is 23.0 Å². The fourth-order valence-electron chi connectivity index (χ4n) is 2.12. The van der Waals surface area contributed by atoms with E-state index in [1.165, 1.54) is 24.8 Å². The van der Waals surface area contributed by atoms with Crippen LogP contribution >= 0.6 is 15.9 Å². The van der Waals surface area contributed by atoms with Crippen LogP contribution in [-0.2, 0) is 0 Å². The molecular weight excluding hydrogens is 264 g/mol. The first-order valence-electron chi connectivity index (χ1n) is 5.84. The average Bonchev–Trinajstić information content (AvgIpc) is 2.57. The summed E-state index contributed by atoms with van der Waals surface area (Å²) in [5.41, 5.74) is 8.58. The zero-order chi connectivity index (χ0) is 11.4. The Hall–Kier alpha value is -0.670. The third-order valence-electron chi connectivity index (χ3n) is 3.06. The summed E-state index contributed by atoms with van der Waals surface area (Å²) in [6.07, 6.45) is 10.2. The number of aromatic nitrogens is 1. The summed E-state index contributed by atoms with van der Waals surface area (Å²) >= 11 is 3.51. The molecule has 1 unspecified atom stereocenters. The van der Waals surface area contributed by atoms with Crippen molar-refractivity contribution in [3.8, 4) is 0 Å². The molecule has 1 heterocycles. The fraction of sp³-hybridized carbons (Fsp3) is 0.462. The van der Waals surface area contributed by atoms with E-state index in [1.54, 1.807) is 6.20 Å². The second-order valence-corrected chi connectivity index (χ2v) is 5.08. The summed E-state index contributed by atoms with van der Waals surface area (Å²) in [5.74, 6) is 0. The van der Waals surface area contributed by atoms with E-state index in [-0.39, 0.29) is 6.04 Å². The SMILES string of the molecule is NC(C1=CCCCCC1)c1ncccc1Br. The average molecular weight is 281 g/mol. The summed E-state index contributed by atoms with van der Waals surface area (Å²) in [6, 6.07) is 3.87. The summed E-state index contributed by atoms with van der Waals surface area (Å²) in [7, 11) is 0. The van der Waals surface area contributed by atoms with Crippen LogP contribution in [0, 0.1) is 0 Å². The largest absolute Gasteiger partial charge is 0.319 e. The van der Waals surface area contributed by atoms with Crippen LogP contribution in [0.4, 0.5) is 0 Å². The Kier molecular flexibility index (Phi) is 4.13. The summed E-state index contributed by atoms with van der Waals surface area (Å²) in [4.78, 5) is 4.37. The first-order valence-corrected chi connectivity index (χ1v) is 6.63. The highest BCUT2D eigenvalue weighted by atomic mass is 79.9. The van der Waals surface area contributed by atoms with Gasteiger partial charge < -0.3 is 5.73 Å². The molecule has 0 amide bonds. The van der Waals surface area contributed by atoms with E-state index in [4.69, 9.17) is 5.73 Å². The molecule has 16 heavy (non-hydrogen) atoms. The molecule has 2 nitrogen and oxygen atoms in total. The van der Waals surface area contributed by atoms with Crippen LogP contribution in [0.2, 0.25) is 0 Å². The smallest absolute Gasteiger partial charge is 0.0754 e. The molecule has 3 heteroatoms. The molecule has 0 aliphatic heterocycles. The minimum absolute atomic E-state index is 0.0475. The lowest BCUT2D eigenvalue weighted by Crippen LogP contribution is -2.15. The van der Waals surface area contributed by atoms with E-state index < -0.39 is 0 Å². The predicted molar refractivity (Wildman–Crippen MR) is 70.0 cm³/mol. The highest BCUT2D eigenvalue weighted by molar-refractivity contribution is 9.10. The van der Waals surface area contributed by atoms with Crippen molar-refractivity contribution in [3.63, 3.8) is 0 Å². The van der Waals surface area contributed by atoms with Crippen molar-refractivity contribution < 1.29 is 0 Å². The van der Waals surface area contributed by atoms with Gasteiger partial charge in [-0.15, -0.1) is 0 Å². The quantitative estimate of drug-likeness (QED) is 0.839. The Morgan fingerprint density at radius 2 is 2.19 bits per heavy atom. The molecule has 2 N–H and O–H groups in total. The van der Waals surface area contributed by atoms with Gasteiger partial charge in [0.05, 0.1) is 11.7 Å². The summed E-state index contributed by atoms with van der Waals surface area (Å²) in [6.45, 7) is 0. The Labute approximate surface area is 105 Å². The molecule has 86 valence electrons. The molecule has 0 radical (unpaired) electrons. The van der Waals surface area contributed by atoms with Gasteiger partial charge in [0.1, 0.15) is 0 Å². The number of allylic oxidation sites excluding steroid dienone is 1. The van der Waals surface area contributed by atoms with E-state index in [2.05, 4.69) is 27.0 Å². The Bertz CT molecular complexity index is 387. The lowest BCUT2D eigenvalue weighted by molar-refractivity contribution is 0.681. The van der Waals surface area contributed by atoms with Crippen LogP contribution in [0.25, 0.3) is 0 Å². The van der Waals surface area contributed by atoms with Crippen molar-refractivity contribution in [2.75, 3.05) is 0 Å². The number of hydrogen-bond acceptors (Lipinski definition) is 2. The molecular formula is C13H17BrN2. The molecule has 1 atom stereocenters. The van der Waals surface area contributed by atoms with Gasteiger partial charge in [0.15, 0.2) is 0 Å². The molecule has 0 fully saturated rings. The molecule has 1 aromatic rings. The molecule has 0 spiro atoms. The topological polar surface area (TPSA) is 38.9 Å². The molecule has 2 rings (SSSR count). The number of rotatable bonds is 2. The van der Waals surface area contributed by atoms with Crippen molar-refractivity contribution >= 4 is 15.9 Å². The normalized spacial score (nSPS) is 18.8. The van der Waals surface area contributed by atoms with E-state index in [1.807, 2.05) is 12.1 Å². The standard InChI is InChI=1S/C13H17BrN2/c14-11-8-5-9-16-13(11)12(15)10-6-3-1-2-4-7-10/h5-6,8-9,12H,1-4,7,15H2. The van der Waals surface area contributed by atoms with Crippen LogP contribution in [-0.4, -0.2) is 4.98 Å². The van der Waals surface area contributed by atoms with E-state index >= 15 is 0 Å². The molecule has 0 saturated carbocycles. The molecule has 0 aromatic carbocycles. The van der Waals surface area contributed by atoms with Gasteiger partial charge in [-0.25, -0.2) is 0 Å². The van der Waals surface area contributed by atoms with Crippen molar-refractivity contribution in [3.05, 3.63) is 40.1 Å². The summed E-state index contributed by atoms with van der Waals surface area (Å²) < 4.78 is 1.01. The van der Waals surface area contributed by atoms with Gasteiger partial charge in [-0.1, -0.05) is 18.1 Å².